The highest BCUT2D eigenvalue weighted by Gasteiger charge is 2.20. The second kappa shape index (κ2) is 8.77. The molecule has 0 aliphatic heterocycles. The highest BCUT2D eigenvalue weighted by atomic mass is 16.4. The van der Waals surface area contributed by atoms with Crippen molar-refractivity contribution in [2.24, 2.45) is 5.92 Å². The van der Waals surface area contributed by atoms with Gasteiger partial charge in [-0.05, 0) is 20.3 Å². The summed E-state index contributed by atoms with van der Waals surface area (Å²) in [6.45, 7) is 7.63. The van der Waals surface area contributed by atoms with E-state index < -0.39 is 5.97 Å². The maximum Gasteiger partial charge on any atom is 0.310 e. The first-order valence-corrected chi connectivity index (χ1v) is 7.90. The van der Waals surface area contributed by atoms with E-state index in [1.807, 2.05) is 6.20 Å². The number of hydrogen-bond donors (Lipinski definition) is 1. The summed E-state index contributed by atoms with van der Waals surface area (Å²) < 4.78 is 4.34. The summed E-state index contributed by atoms with van der Waals surface area (Å²) in [4.78, 5) is 11.0. The first-order chi connectivity index (χ1) is 9.60. The molecule has 0 aromatic carbocycles. The van der Waals surface area contributed by atoms with Crippen LogP contribution in [0.25, 0.3) is 0 Å². The van der Waals surface area contributed by atoms with Crippen molar-refractivity contribution in [2.75, 3.05) is 0 Å². The van der Waals surface area contributed by atoms with E-state index >= 15 is 0 Å². The summed E-state index contributed by atoms with van der Waals surface area (Å²) in [6, 6.07) is 0. The van der Waals surface area contributed by atoms with Crippen LogP contribution in [-0.2, 0) is 24.3 Å². The van der Waals surface area contributed by atoms with Crippen LogP contribution in [0.4, 0.5) is 0 Å². The van der Waals surface area contributed by atoms with E-state index in [0.29, 0.717) is 6.54 Å². The zero-order valence-electron chi connectivity index (χ0n) is 13.1. The van der Waals surface area contributed by atoms with Gasteiger partial charge < -0.3 is 5.11 Å². The van der Waals surface area contributed by atoms with Crippen LogP contribution >= 0.6 is 0 Å². The third-order valence-electron chi connectivity index (χ3n) is 3.83. The third kappa shape index (κ3) is 4.99. The van der Waals surface area contributed by atoms with Gasteiger partial charge in [0, 0.05) is 6.42 Å². The van der Waals surface area contributed by atoms with Crippen LogP contribution < -0.4 is 4.57 Å². The third-order valence-corrected chi connectivity index (χ3v) is 3.83. The van der Waals surface area contributed by atoms with E-state index in [1.165, 1.54) is 37.9 Å². The van der Waals surface area contributed by atoms with Gasteiger partial charge in [0.25, 0.3) is 5.82 Å². The van der Waals surface area contributed by atoms with E-state index in [0.717, 1.165) is 13.0 Å². The molecule has 4 nitrogen and oxygen atoms in total. The average molecular weight is 281 g/mol. The quantitative estimate of drug-likeness (QED) is 0.529. The Balaban J connectivity index is 2.61. The normalized spacial score (nSPS) is 12.6. The molecule has 1 aromatic heterocycles. The van der Waals surface area contributed by atoms with Crippen molar-refractivity contribution in [2.45, 2.75) is 72.4 Å². The van der Waals surface area contributed by atoms with E-state index in [2.05, 4.69) is 29.2 Å². The number of imidazole rings is 1. The fourth-order valence-electron chi connectivity index (χ4n) is 2.50. The monoisotopic (exact) mass is 281 g/mol. The van der Waals surface area contributed by atoms with Gasteiger partial charge in [-0.3, -0.25) is 4.79 Å². The first-order valence-electron chi connectivity index (χ1n) is 7.90. The maximum atomic E-state index is 11.0. The van der Waals surface area contributed by atoms with Gasteiger partial charge in [-0.1, -0.05) is 32.6 Å². The molecule has 4 heteroatoms. The summed E-state index contributed by atoms with van der Waals surface area (Å²) in [5.41, 5.74) is 0. The number of unbranched alkanes of at least 4 members (excludes halogenated alkanes) is 4. The molecule has 1 atom stereocenters. The second-order valence-electron chi connectivity index (χ2n) is 5.56. The van der Waals surface area contributed by atoms with Gasteiger partial charge in [0.15, 0.2) is 0 Å². The molecular formula is C16H29N2O2+. The van der Waals surface area contributed by atoms with Crippen molar-refractivity contribution in [3.05, 3.63) is 18.2 Å². The average Bonchev–Trinajstić information content (AvgIpc) is 2.80. The summed E-state index contributed by atoms with van der Waals surface area (Å²) in [6.07, 6.45) is 11.4. The van der Waals surface area contributed by atoms with Gasteiger partial charge in [-0.2, -0.15) is 0 Å². The number of aromatic nitrogens is 2. The van der Waals surface area contributed by atoms with Crippen molar-refractivity contribution >= 4 is 5.97 Å². The van der Waals surface area contributed by atoms with Crippen molar-refractivity contribution in [1.29, 1.82) is 0 Å². The summed E-state index contributed by atoms with van der Waals surface area (Å²) >= 11 is 0. The molecule has 0 amide bonds. The number of carboxylic acids is 1. The Kier molecular flexibility index (Phi) is 7.34. The van der Waals surface area contributed by atoms with Crippen LogP contribution in [0.5, 0.6) is 0 Å². The standard InChI is InChI=1S/C16H28N2O2/c1-4-6-7-8-9-10-15-17(5-2)11-12-18(15)13-14(3)16(19)20/h11-12,14H,4-10,13H2,1-3H3/p+1. The van der Waals surface area contributed by atoms with Crippen molar-refractivity contribution in [3.63, 3.8) is 0 Å². The molecule has 1 aromatic rings. The lowest BCUT2D eigenvalue weighted by Crippen LogP contribution is -2.41. The zero-order chi connectivity index (χ0) is 15.0. The van der Waals surface area contributed by atoms with Crippen molar-refractivity contribution < 1.29 is 14.5 Å². The number of carboxylic acid groups (broad SMARTS) is 1. The lowest BCUT2D eigenvalue weighted by Gasteiger charge is -2.07. The molecule has 1 rings (SSSR count). The minimum absolute atomic E-state index is 0.341. The molecule has 1 N–H and O–H groups in total. The number of carbonyl (C=O) groups is 1. The molecule has 0 aliphatic rings. The van der Waals surface area contributed by atoms with Gasteiger partial charge >= 0.3 is 5.97 Å². The Morgan fingerprint density at radius 1 is 1.30 bits per heavy atom. The molecule has 0 saturated carbocycles. The molecule has 0 radical (unpaired) electrons. The summed E-state index contributed by atoms with van der Waals surface area (Å²) in [5.74, 6) is 0.194. The van der Waals surface area contributed by atoms with E-state index in [1.54, 1.807) is 6.92 Å². The number of aliphatic carboxylic acids is 1. The SMILES string of the molecule is CCCCCCCc1n(CC)cc[n+]1CC(C)C(=O)O. The first kappa shape index (κ1) is 16.7. The van der Waals surface area contributed by atoms with Crippen molar-refractivity contribution in [1.82, 2.24) is 4.57 Å². The van der Waals surface area contributed by atoms with E-state index in [9.17, 15) is 4.79 Å². The van der Waals surface area contributed by atoms with Crippen LogP contribution in [-0.4, -0.2) is 15.6 Å². The minimum Gasteiger partial charge on any atom is -0.481 e. The number of rotatable bonds is 10. The Labute approximate surface area is 122 Å². The van der Waals surface area contributed by atoms with Gasteiger partial charge in [0.2, 0.25) is 0 Å². The summed E-state index contributed by atoms with van der Waals surface area (Å²) in [7, 11) is 0. The van der Waals surface area contributed by atoms with E-state index in [4.69, 9.17) is 5.11 Å². The number of hydrogen-bond acceptors (Lipinski definition) is 1. The fraction of sp³-hybridized carbons (Fsp3) is 0.750. The zero-order valence-corrected chi connectivity index (χ0v) is 13.1. The molecule has 20 heavy (non-hydrogen) atoms. The molecule has 114 valence electrons. The van der Waals surface area contributed by atoms with Crippen molar-refractivity contribution in [3.8, 4) is 0 Å². The van der Waals surface area contributed by atoms with Gasteiger partial charge in [0.1, 0.15) is 18.9 Å². The number of aryl methyl sites for hydroxylation is 1. The highest BCUT2D eigenvalue weighted by molar-refractivity contribution is 5.69. The van der Waals surface area contributed by atoms with Crippen LogP contribution in [0.2, 0.25) is 0 Å². The predicted molar refractivity (Wildman–Crippen MR) is 79.6 cm³/mol. The Hall–Kier alpha value is -1.32. The molecule has 0 aliphatic carbocycles. The second-order valence-corrected chi connectivity index (χ2v) is 5.56. The Morgan fingerprint density at radius 3 is 2.60 bits per heavy atom. The van der Waals surface area contributed by atoms with Crippen LogP contribution in [0, 0.1) is 5.92 Å². The lowest BCUT2D eigenvalue weighted by atomic mass is 10.1. The summed E-state index contributed by atoms with van der Waals surface area (Å²) in [5, 5.41) is 9.05. The number of nitrogens with zero attached hydrogens (tertiary/aromatic N) is 2. The molecular weight excluding hydrogens is 252 g/mol. The maximum absolute atomic E-state index is 11.0. The lowest BCUT2D eigenvalue weighted by molar-refractivity contribution is -0.707. The smallest absolute Gasteiger partial charge is 0.310 e. The van der Waals surface area contributed by atoms with Crippen LogP contribution in [0.3, 0.4) is 0 Å². The highest BCUT2D eigenvalue weighted by Crippen LogP contribution is 2.08. The van der Waals surface area contributed by atoms with E-state index in [-0.39, 0.29) is 5.92 Å². The molecule has 0 saturated heterocycles. The van der Waals surface area contributed by atoms with Crippen LogP contribution in [0.1, 0.15) is 58.7 Å². The molecule has 0 bridgehead atoms. The topological polar surface area (TPSA) is 46.1 Å². The molecule has 1 unspecified atom stereocenters. The van der Waals surface area contributed by atoms with Gasteiger partial charge in [-0.25, -0.2) is 9.13 Å². The van der Waals surface area contributed by atoms with Gasteiger partial charge in [-0.15, -0.1) is 0 Å². The Bertz CT molecular complexity index is 413. The van der Waals surface area contributed by atoms with Crippen LogP contribution in [0.15, 0.2) is 12.4 Å². The molecule has 0 spiro atoms. The molecule has 1 heterocycles. The predicted octanol–water partition coefficient (Wildman–Crippen LogP) is 3.03. The Morgan fingerprint density at radius 2 is 2.00 bits per heavy atom. The minimum atomic E-state index is -0.726. The molecule has 0 fully saturated rings. The largest absolute Gasteiger partial charge is 0.481 e. The fourth-order valence-corrected chi connectivity index (χ4v) is 2.50. The van der Waals surface area contributed by atoms with Gasteiger partial charge in [0.05, 0.1) is 12.5 Å².